The SMILES string of the molecule is C=C1CCC(C=O)N1. The molecule has 1 heterocycles. The van der Waals surface area contributed by atoms with Gasteiger partial charge < -0.3 is 10.1 Å². The topological polar surface area (TPSA) is 29.1 Å². The molecule has 8 heavy (non-hydrogen) atoms. The molecule has 0 aliphatic carbocycles. The largest absolute Gasteiger partial charge is 0.379 e. The quantitative estimate of drug-likeness (QED) is 0.498. The molecule has 1 aliphatic heterocycles. The van der Waals surface area contributed by atoms with Gasteiger partial charge in [0.1, 0.15) is 6.29 Å². The van der Waals surface area contributed by atoms with Gasteiger partial charge in [0.2, 0.25) is 0 Å². The van der Waals surface area contributed by atoms with Gasteiger partial charge in [-0.05, 0) is 12.8 Å². The first-order valence-electron chi connectivity index (χ1n) is 2.72. The minimum Gasteiger partial charge on any atom is -0.379 e. The summed E-state index contributed by atoms with van der Waals surface area (Å²) in [7, 11) is 0. The zero-order chi connectivity index (χ0) is 5.98. The minimum atomic E-state index is 0.0440. The van der Waals surface area contributed by atoms with Gasteiger partial charge in [-0.3, -0.25) is 0 Å². The highest BCUT2D eigenvalue weighted by Gasteiger charge is 2.14. The van der Waals surface area contributed by atoms with Crippen LogP contribution in [0.1, 0.15) is 12.8 Å². The highest BCUT2D eigenvalue weighted by Crippen LogP contribution is 2.10. The first-order valence-corrected chi connectivity index (χ1v) is 2.72. The first kappa shape index (κ1) is 5.35. The molecule has 0 radical (unpaired) electrons. The summed E-state index contributed by atoms with van der Waals surface area (Å²) in [5, 5.41) is 2.94. The predicted molar refractivity (Wildman–Crippen MR) is 31.4 cm³/mol. The summed E-state index contributed by atoms with van der Waals surface area (Å²) in [6, 6.07) is 0.0440. The van der Waals surface area contributed by atoms with Crippen LogP contribution in [-0.4, -0.2) is 12.3 Å². The van der Waals surface area contributed by atoms with Gasteiger partial charge in [0, 0.05) is 5.70 Å². The lowest BCUT2D eigenvalue weighted by Crippen LogP contribution is -2.20. The fraction of sp³-hybridized carbons (Fsp3) is 0.500. The van der Waals surface area contributed by atoms with Crippen LogP contribution in [0.5, 0.6) is 0 Å². The average molecular weight is 111 g/mol. The van der Waals surface area contributed by atoms with Crippen LogP contribution in [-0.2, 0) is 4.79 Å². The van der Waals surface area contributed by atoms with Crippen molar-refractivity contribution in [1.82, 2.24) is 5.32 Å². The number of nitrogens with one attached hydrogen (secondary N) is 1. The molecule has 44 valence electrons. The van der Waals surface area contributed by atoms with Gasteiger partial charge >= 0.3 is 0 Å². The van der Waals surface area contributed by atoms with Crippen LogP contribution in [0.3, 0.4) is 0 Å². The third kappa shape index (κ3) is 0.886. The molecule has 1 fully saturated rings. The van der Waals surface area contributed by atoms with Gasteiger partial charge in [0.25, 0.3) is 0 Å². The Morgan fingerprint density at radius 2 is 2.62 bits per heavy atom. The molecule has 1 saturated heterocycles. The van der Waals surface area contributed by atoms with E-state index >= 15 is 0 Å². The maximum Gasteiger partial charge on any atom is 0.142 e. The Hall–Kier alpha value is -0.790. The van der Waals surface area contributed by atoms with Crippen LogP contribution in [0, 0.1) is 0 Å². The maximum atomic E-state index is 10.0. The zero-order valence-electron chi connectivity index (χ0n) is 4.68. The minimum absolute atomic E-state index is 0.0440. The van der Waals surface area contributed by atoms with E-state index in [1.165, 1.54) is 0 Å². The molecule has 0 bridgehead atoms. The van der Waals surface area contributed by atoms with Crippen molar-refractivity contribution in [3.05, 3.63) is 12.3 Å². The Kier molecular flexibility index (Phi) is 1.33. The number of hydrogen-bond donors (Lipinski definition) is 1. The third-order valence-electron chi connectivity index (χ3n) is 1.31. The van der Waals surface area contributed by atoms with Crippen molar-refractivity contribution < 1.29 is 4.79 Å². The molecule has 0 aromatic heterocycles. The van der Waals surface area contributed by atoms with E-state index in [-0.39, 0.29) is 6.04 Å². The van der Waals surface area contributed by atoms with Gasteiger partial charge in [-0.2, -0.15) is 0 Å². The van der Waals surface area contributed by atoms with Gasteiger partial charge in [0.15, 0.2) is 0 Å². The first-order chi connectivity index (χ1) is 3.83. The number of rotatable bonds is 1. The van der Waals surface area contributed by atoms with Gasteiger partial charge in [0.05, 0.1) is 6.04 Å². The average Bonchev–Trinajstić information content (AvgIpc) is 2.14. The Labute approximate surface area is 48.6 Å². The Balaban J connectivity index is 2.43. The highest BCUT2D eigenvalue weighted by molar-refractivity contribution is 5.59. The van der Waals surface area contributed by atoms with Crippen molar-refractivity contribution in [1.29, 1.82) is 0 Å². The van der Waals surface area contributed by atoms with Crippen LogP contribution in [0.25, 0.3) is 0 Å². The van der Waals surface area contributed by atoms with Crippen LogP contribution in [0.4, 0.5) is 0 Å². The van der Waals surface area contributed by atoms with Crippen molar-refractivity contribution in [2.45, 2.75) is 18.9 Å². The van der Waals surface area contributed by atoms with Crippen LogP contribution >= 0.6 is 0 Å². The molecule has 1 atom stereocenters. The molecule has 0 spiro atoms. The van der Waals surface area contributed by atoms with Gasteiger partial charge in [-0.15, -0.1) is 0 Å². The van der Waals surface area contributed by atoms with Crippen molar-refractivity contribution in [3.8, 4) is 0 Å². The lowest BCUT2D eigenvalue weighted by molar-refractivity contribution is -0.109. The molecule has 0 aromatic carbocycles. The fourth-order valence-electron chi connectivity index (χ4n) is 0.838. The number of hydrogen-bond acceptors (Lipinski definition) is 2. The van der Waals surface area contributed by atoms with E-state index in [2.05, 4.69) is 11.9 Å². The number of carbonyl (C=O) groups excluding carboxylic acids is 1. The van der Waals surface area contributed by atoms with Crippen LogP contribution < -0.4 is 5.32 Å². The van der Waals surface area contributed by atoms with E-state index in [0.717, 1.165) is 24.8 Å². The third-order valence-corrected chi connectivity index (χ3v) is 1.31. The second-order valence-corrected chi connectivity index (χ2v) is 2.03. The van der Waals surface area contributed by atoms with Crippen molar-refractivity contribution >= 4 is 6.29 Å². The summed E-state index contributed by atoms with van der Waals surface area (Å²) in [6.45, 7) is 3.68. The van der Waals surface area contributed by atoms with E-state index in [1.807, 2.05) is 0 Å². The van der Waals surface area contributed by atoms with E-state index in [1.54, 1.807) is 0 Å². The lowest BCUT2D eigenvalue weighted by Gasteiger charge is -1.97. The summed E-state index contributed by atoms with van der Waals surface area (Å²) in [4.78, 5) is 10.0. The van der Waals surface area contributed by atoms with Crippen LogP contribution in [0.2, 0.25) is 0 Å². The monoisotopic (exact) mass is 111 g/mol. The van der Waals surface area contributed by atoms with Gasteiger partial charge in [-0.1, -0.05) is 6.58 Å². The Morgan fingerprint density at radius 1 is 1.88 bits per heavy atom. The predicted octanol–water partition coefficient (Wildman–Crippen LogP) is 0.451. The van der Waals surface area contributed by atoms with E-state index in [4.69, 9.17) is 0 Å². The Bertz CT molecular complexity index is 120. The summed E-state index contributed by atoms with van der Waals surface area (Å²) in [6.07, 6.45) is 2.80. The number of aldehydes is 1. The smallest absolute Gasteiger partial charge is 0.142 e. The highest BCUT2D eigenvalue weighted by atomic mass is 16.1. The van der Waals surface area contributed by atoms with E-state index in [0.29, 0.717) is 0 Å². The summed E-state index contributed by atoms with van der Waals surface area (Å²) in [5.74, 6) is 0. The second kappa shape index (κ2) is 1.99. The Morgan fingerprint density at radius 3 is 2.88 bits per heavy atom. The maximum absolute atomic E-state index is 10.0. The molecule has 1 aliphatic rings. The molecule has 1 unspecified atom stereocenters. The lowest BCUT2D eigenvalue weighted by atomic mass is 10.2. The zero-order valence-corrected chi connectivity index (χ0v) is 4.68. The molecular weight excluding hydrogens is 102 g/mol. The van der Waals surface area contributed by atoms with Gasteiger partial charge in [-0.25, -0.2) is 0 Å². The second-order valence-electron chi connectivity index (χ2n) is 2.03. The standard InChI is InChI=1S/C6H9NO/c1-5-2-3-6(4-8)7-5/h4,6-7H,1-3H2. The van der Waals surface area contributed by atoms with Crippen molar-refractivity contribution in [2.24, 2.45) is 0 Å². The molecule has 0 aromatic rings. The van der Waals surface area contributed by atoms with E-state index < -0.39 is 0 Å². The molecule has 0 amide bonds. The number of allylic oxidation sites excluding steroid dienone is 1. The normalized spacial score (nSPS) is 27.5. The molecule has 1 rings (SSSR count). The molecular formula is C6H9NO. The summed E-state index contributed by atoms with van der Waals surface area (Å²) in [5.41, 5.74) is 0.988. The molecule has 2 heteroatoms. The van der Waals surface area contributed by atoms with Crippen molar-refractivity contribution in [3.63, 3.8) is 0 Å². The summed E-state index contributed by atoms with van der Waals surface area (Å²) < 4.78 is 0. The summed E-state index contributed by atoms with van der Waals surface area (Å²) >= 11 is 0. The van der Waals surface area contributed by atoms with Crippen molar-refractivity contribution in [2.75, 3.05) is 0 Å². The molecule has 0 saturated carbocycles. The molecule has 1 N–H and O–H groups in total. The number of carbonyl (C=O) groups is 1. The fourth-order valence-corrected chi connectivity index (χ4v) is 0.838. The van der Waals surface area contributed by atoms with E-state index in [9.17, 15) is 4.79 Å². The molecule has 2 nitrogen and oxygen atoms in total. The van der Waals surface area contributed by atoms with Crippen LogP contribution in [0.15, 0.2) is 12.3 Å².